The van der Waals surface area contributed by atoms with Crippen LogP contribution in [0.2, 0.25) is 0 Å². The third kappa shape index (κ3) is 3.11. The van der Waals surface area contributed by atoms with Gasteiger partial charge in [-0.25, -0.2) is 4.98 Å². The van der Waals surface area contributed by atoms with Gasteiger partial charge in [-0.1, -0.05) is 37.3 Å². The molecule has 0 bridgehead atoms. The summed E-state index contributed by atoms with van der Waals surface area (Å²) in [6.45, 7) is 5.92. The molecule has 0 fully saturated rings. The van der Waals surface area contributed by atoms with Crippen LogP contribution in [0.5, 0.6) is 0 Å². The SMILES string of the molecule is Cc1ccc(C)n1-c1cccc(-c2ccc(C(C)C(O)O)cc2)n1. The van der Waals surface area contributed by atoms with Gasteiger partial charge in [-0.05, 0) is 43.7 Å². The molecule has 4 heteroatoms. The first kappa shape index (κ1) is 16.4. The molecule has 3 rings (SSSR count). The smallest absolute Gasteiger partial charge is 0.158 e. The Bertz CT molecular complexity index is 816. The molecule has 2 aromatic heterocycles. The molecule has 1 atom stereocenters. The van der Waals surface area contributed by atoms with Crippen LogP contribution in [-0.2, 0) is 0 Å². The van der Waals surface area contributed by atoms with E-state index in [1.54, 1.807) is 6.92 Å². The summed E-state index contributed by atoms with van der Waals surface area (Å²) < 4.78 is 2.13. The van der Waals surface area contributed by atoms with Crippen molar-refractivity contribution < 1.29 is 10.2 Å². The maximum atomic E-state index is 9.30. The van der Waals surface area contributed by atoms with Crippen molar-refractivity contribution in [1.29, 1.82) is 0 Å². The highest BCUT2D eigenvalue weighted by Gasteiger charge is 2.13. The van der Waals surface area contributed by atoms with Crippen LogP contribution in [-0.4, -0.2) is 26.1 Å². The standard InChI is InChI=1S/C20H22N2O2/c1-13-7-8-14(2)22(13)19-6-4-5-18(21-19)17-11-9-16(10-12-17)15(3)20(23)24/h4-12,15,20,23-24H,1-3H3. The molecule has 0 radical (unpaired) electrons. The van der Waals surface area contributed by atoms with Crippen LogP contribution in [0.4, 0.5) is 0 Å². The minimum atomic E-state index is -1.35. The van der Waals surface area contributed by atoms with Crippen LogP contribution in [0, 0.1) is 13.8 Å². The fourth-order valence-corrected chi connectivity index (χ4v) is 2.87. The number of aliphatic hydroxyl groups excluding tert-OH is 1. The molecule has 1 aromatic carbocycles. The number of aromatic nitrogens is 2. The quantitative estimate of drug-likeness (QED) is 0.722. The van der Waals surface area contributed by atoms with Gasteiger partial charge in [0.15, 0.2) is 6.29 Å². The van der Waals surface area contributed by atoms with E-state index in [-0.39, 0.29) is 5.92 Å². The van der Waals surface area contributed by atoms with E-state index in [9.17, 15) is 10.2 Å². The summed E-state index contributed by atoms with van der Waals surface area (Å²) in [6.07, 6.45) is -1.35. The van der Waals surface area contributed by atoms with Gasteiger partial charge in [0.2, 0.25) is 0 Å². The summed E-state index contributed by atoms with van der Waals surface area (Å²) in [5, 5.41) is 18.6. The van der Waals surface area contributed by atoms with Crippen LogP contribution in [0.1, 0.15) is 29.8 Å². The fourth-order valence-electron chi connectivity index (χ4n) is 2.87. The van der Waals surface area contributed by atoms with Gasteiger partial charge < -0.3 is 14.8 Å². The van der Waals surface area contributed by atoms with E-state index in [1.165, 1.54) is 0 Å². The number of aliphatic hydroxyl groups is 2. The van der Waals surface area contributed by atoms with Gasteiger partial charge in [-0.15, -0.1) is 0 Å². The first-order chi connectivity index (χ1) is 11.5. The van der Waals surface area contributed by atoms with Crippen molar-refractivity contribution in [2.75, 3.05) is 0 Å². The van der Waals surface area contributed by atoms with Crippen molar-refractivity contribution in [2.24, 2.45) is 0 Å². The summed E-state index contributed by atoms with van der Waals surface area (Å²) in [5.41, 5.74) is 5.09. The number of hydrogen-bond acceptors (Lipinski definition) is 3. The Hall–Kier alpha value is -2.43. The highest BCUT2D eigenvalue weighted by atomic mass is 16.5. The molecule has 0 aliphatic rings. The zero-order chi connectivity index (χ0) is 17.3. The van der Waals surface area contributed by atoms with Crippen molar-refractivity contribution in [3.8, 4) is 17.1 Å². The second kappa shape index (κ2) is 6.59. The Morgan fingerprint density at radius 2 is 1.50 bits per heavy atom. The van der Waals surface area contributed by atoms with Crippen molar-refractivity contribution in [3.05, 3.63) is 71.5 Å². The Morgan fingerprint density at radius 3 is 2.08 bits per heavy atom. The molecule has 2 N–H and O–H groups in total. The number of aryl methyl sites for hydroxylation is 2. The van der Waals surface area contributed by atoms with Crippen molar-refractivity contribution in [3.63, 3.8) is 0 Å². The molecule has 0 spiro atoms. The third-order valence-electron chi connectivity index (χ3n) is 4.41. The Morgan fingerprint density at radius 1 is 0.875 bits per heavy atom. The first-order valence-electron chi connectivity index (χ1n) is 8.06. The molecular formula is C20H22N2O2. The van der Waals surface area contributed by atoms with E-state index in [4.69, 9.17) is 4.98 Å². The molecule has 1 unspecified atom stereocenters. The largest absolute Gasteiger partial charge is 0.368 e. The van der Waals surface area contributed by atoms with E-state index in [0.29, 0.717) is 0 Å². The lowest BCUT2D eigenvalue weighted by molar-refractivity contribution is -0.0561. The average molecular weight is 322 g/mol. The van der Waals surface area contributed by atoms with Gasteiger partial charge in [0.05, 0.1) is 5.69 Å². The maximum Gasteiger partial charge on any atom is 0.158 e. The molecule has 24 heavy (non-hydrogen) atoms. The molecule has 2 heterocycles. The van der Waals surface area contributed by atoms with E-state index in [1.807, 2.05) is 42.5 Å². The van der Waals surface area contributed by atoms with E-state index >= 15 is 0 Å². The third-order valence-corrected chi connectivity index (χ3v) is 4.41. The molecule has 0 aliphatic heterocycles. The summed E-state index contributed by atoms with van der Waals surface area (Å²) in [6, 6.07) is 17.9. The molecular weight excluding hydrogens is 300 g/mol. The van der Waals surface area contributed by atoms with Crippen LogP contribution < -0.4 is 0 Å². The Kier molecular flexibility index (Phi) is 4.51. The summed E-state index contributed by atoms with van der Waals surface area (Å²) in [4.78, 5) is 4.78. The fraction of sp³-hybridized carbons (Fsp3) is 0.250. The zero-order valence-electron chi connectivity index (χ0n) is 14.1. The van der Waals surface area contributed by atoms with Crippen LogP contribution >= 0.6 is 0 Å². The number of benzene rings is 1. The second-order valence-electron chi connectivity index (χ2n) is 6.16. The molecule has 4 nitrogen and oxygen atoms in total. The summed E-state index contributed by atoms with van der Waals surface area (Å²) in [5.74, 6) is 0.583. The first-order valence-corrected chi connectivity index (χ1v) is 8.06. The average Bonchev–Trinajstić information content (AvgIpc) is 2.93. The van der Waals surface area contributed by atoms with Gasteiger partial charge in [0.1, 0.15) is 5.82 Å². The van der Waals surface area contributed by atoms with Crippen LogP contribution in [0.3, 0.4) is 0 Å². The lowest BCUT2D eigenvalue weighted by Gasteiger charge is -2.14. The minimum absolute atomic E-state index is 0.316. The number of hydrogen-bond donors (Lipinski definition) is 2. The maximum absolute atomic E-state index is 9.30. The van der Waals surface area contributed by atoms with Gasteiger partial charge in [0, 0.05) is 22.9 Å². The Labute approximate surface area is 142 Å². The number of rotatable bonds is 4. The number of nitrogens with zero attached hydrogens (tertiary/aromatic N) is 2. The summed E-state index contributed by atoms with van der Waals surface area (Å²) >= 11 is 0. The molecule has 0 aliphatic carbocycles. The van der Waals surface area contributed by atoms with Gasteiger partial charge in [-0.2, -0.15) is 0 Å². The van der Waals surface area contributed by atoms with Crippen molar-refractivity contribution in [1.82, 2.24) is 9.55 Å². The normalized spacial score (nSPS) is 12.6. The predicted octanol–water partition coefficient (Wildman–Crippen LogP) is 3.57. The molecule has 0 amide bonds. The predicted molar refractivity (Wildman–Crippen MR) is 95.1 cm³/mol. The number of pyridine rings is 1. The van der Waals surface area contributed by atoms with Gasteiger partial charge >= 0.3 is 0 Å². The van der Waals surface area contributed by atoms with Gasteiger partial charge in [-0.3, -0.25) is 0 Å². The minimum Gasteiger partial charge on any atom is -0.368 e. The van der Waals surface area contributed by atoms with E-state index < -0.39 is 6.29 Å². The Balaban J connectivity index is 1.95. The topological polar surface area (TPSA) is 58.3 Å². The van der Waals surface area contributed by atoms with Crippen molar-refractivity contribution in [2.45, 2.75) is 33.0 Å². The van der Waals surface area contributed by atoms with E-state index in [2.05, 4.69) is 30.5 Å². The lowest BCUT2D eigenvalue weighted by Crippen LogP contribution is -2.14. The molecule has 0 saturated heterocycles. The second-order valence-corrected chi connectivity index (χ2v) is 6.16. The zero-order valence-corrected chi connectivity index (χ0v) is 14.1. The van der Waals surface area contributed by atoms with Crippen molar-refractivity contribution >= 4 is 0 Å². The van der Waals surface area contributed by atoms with Crippen LogP contribution in [0.15, 0.2) is 54.6 Å². The highest BCUT2D eigenvalue weighted by molar-refractivity contribution is 5.60. The summed E-state index contributed by atoms with van der Waals surface area (Å²) in [7, 11) is 0. The van der Waals surface area contributed by atoms with Gasteiger partial charge in [0.25, 0.3) is 0 Å². The lowest BCUT2D eigenvalue weighted by atomic mass is 9.98. The molecule has 124 valence electrons. The highest BCUT2D eigenvalue weighted by Crippen LogP contribution is 2.24. The molecule has 3 aromatic rings. The molecule has 0 saturated carbocycles. The monoisotopic (exact) mass is 322 g/mol. The van der Waals surface area contributed by atoms with E-state index in [0.717, 1.165) is 34.0 Å². The van der Waals surface area contributed by atoms with Crippen LogP contribution in [0.25, 0.3) is 17.1 Å².